The number of aliphatic hydroxyl groups excluding tert-OH is 1. The van der Waals surface area contributed by atoms with E-state index in [0.717, 1.165) is 11.1 Å². The maximum absolute atomic E-state index is 11.6. The second kappa shape index (κ2) is 11.2. The van der Waals surface area contributed by atoms with Gasteiger partial charge in [-0.3, -0.25) is 4.79 Å². The quantitative estimate of drug-likeness (QED) is 0.652. The summed E-state index contributed by atoms with van der Waals surface area (Å²) in [7, 11) is 1.47. The van der Waals surface area contributed by atoms with Crippen molar-refractivity contribution in [1.29, 1.82) is 0 Å². The number of nitrogens with one attached hydrogen (secondary N) is 1. The van der Waals surface area contributed by atoms with Gasteiger partial charge in [0.25, 0.3) is 0 Å². The lowest BCUT2D eigenvalue weighted by molar-refractivity contribution is -0.276. The third-order valence-electron chi connectivity index (χ3n) is 4.95. The highest BCUT2D eigenvalue weighted by Crippen LogP contribution is 2.26. The molecule has 1 amide bonds. The van der Waals surface area contributed by atoms with Crippen molar-refractivity contribution in [2.75, 3.05) is 13.7 Å². The Morgan fingerprint density at radius 1 is 1.03 bits per heavy atom. The topological polar surface area (TPSA) is 86.2 Å². The number of carbonyl (C=O) groups excluding carboxylic acids is 1. The van der Waals surface area contributed by atoms with Crippen LogP contribution in [-0.4, -0.2) is 55.4 Å². The van der Waals surface area contributed by atoms with Crippen LogP contribution in [0, 0.1) is 0 Å². The molecule has 0 spiro atoms. The van der Waals surface area contributed by atoms with Gasteiger partial charge in [-0.1, -0.05) is 60.7 Å². The van der Waals surface area contributed by atoms with E-state index in [4.69, 9.17) is 18.9 Å². The Morgan fingerprint density at radius 3 is 2.20 bits per heavy atom. The van der Waals surface area contributed by atoms with E-state index in [-0.39, 0.29) is 12.5 Å². The van der Waals surface area contributed by atoms with Crippen molar-refractivity contribution in [2.24, 2.45) is 0 Å². The molecule has 2 N–H and O–H groups in total. The molecule has 0 unspecified atom stereocenters. The maximum atomic E-state index is 11.6. The minimum atomic E-state index is -1.03. The highest BCUT2D eigenvalue weighted by atomic mass is 16.7. The number of carbonyl (C=O) groups is 1. The molecule has 0 bridgehead atoms. The first-order valence-electron chi connectivity index (χ1n) is 9.99. The summed E-state index contributed by atoms with van der Waals surface area (Å²) in [6.45, 7) is 2.30. The van der Waals surface area contributed by atoms with Crippen LogP contribution in [0.5, 0.6) is 0 Å². The zero-order valence-corrected chi connectivity index (χ0v) is 17.3. The van der Waals surface area contributed by atoms with Crippen molar-refractivity contribution in [3.05, 3.63) is 71.8 Å². The van der Waals surface area contributed by atoms with Gasteiger partial charge in [-0.25, -0.2) is 0 Å². The van der Waals surface area contributed by atoms with E-state index in [2.05, 4.69) is 5.32 Å². The van der Waals surface area contributed by atoms with E-state index in [1.165, 1.54) is 14.0 Å². The first-order valence-corrected chi connectivity index (χ1v) is 9.99. The minimum absolute atomic E-state index is 0.206. The summed E-state index contributed by atoms with van der Waals surface area (Å²) in [6, 6.07) is 18.7. The predicted molar refractivity (Wildman–Crippen MR) is 110 cm³/mol. The van der Waals surface area contributed by atoms with Crippen molar-refractivity contribution in [3.63, 3.8) is 0 Å². The number of benzene rings is 2. The van der Waals surface area contributed by atoms with E-state index in [0.29, 0.717) is 13.2 Å². The summed E-state index contributed by atoms with van der Waals surface area (Å²) in [5.41, 5.74) is 2.01. The van der Waals surface area contributed by atoms with Gasteiger partial charge in [0.05, 0.1) is 19.8 Å². The fourth-order valence-corrected chi connectivity index (χ4v) is 3.48. The number of amides is 1. The van der Waals surface area contributed by atoms with Crippen molar-refractivity contribution in [2.45, 2.75) is 50.8 Å². The molecule has 1 fully saturated rings. The molecule has 7 heteroatoms. The molecular formula is C23H29NO6. The van der Waals surface area contributed by atoms with E-state index >= 15 is 0 Å². The lowest BCUT2D eigenvalue weighted by Gasteiger charge is -2.44. The Morgan fingerprint density at radius 2 is 1.63 bits per heavy atom. The molecular weight excluding hydrogens is 386 g/mol. The van der Waals surface area contributed by atoms with Gasteiger partial charge >= 0.3 is 0 Å². The molecule has 1 aliphatic rings. The zero-order chi connectivity index (χ0) is 21.3. The highest BCUT2D eigenvalue weighted by molar-refractivity contribution is 5.73. The van der Waals surface area contributed by atoms with Crippen molar-refractivity contribution in [3.8, 4) is 0 Å². The van der Waals surface area contributed by atoms with E-state index < -0.39 is 30.6 Å². The average molecular weight is 415 g/mol. The van der Waals surface area contributed by atoms with Crippen LogP contribution in [0.2, 0.25) is 0 Å². The third-order valence-corrected chi connectivity index (χ3v) is 4.95. The maximum Gasteiger partial charge on any atom is 0.217 e. The molecule has 0 radical (unpaired) electrons. The number of aliphatic hydroxyl groups is 1. The average Bonchev–Trinajstić information content (AvgIpc) is 2.76. The standard InChI is InChI=1S/C23H29NO6/c1-16(25)24-20-21(26)22(29-14-18-11-7-4-8-12-18)19(30-23(20)27-2)15-28-13-17-9-5-3-6-10-17/h3-12,19-23,26H,13-15H2,1-2H3,(H,24,25)/t19-,20-,21-,22-,23+/m1/s1. The van der Waals surface area contributed by atoms with Crippen LogP contribution < -0.4 is 5.32 Å². The molecule has 5 atom stereocenters. The summed E-state index contributed by atoms with van der Waals surface area (Å²) in [5, 5.41) is 13.7. The van der Waals surface area contributed by atoms with Gasteiger partial charge in [-0.05, 0) is 11.1 Å². The number of methoxy groups -OCH3 is 1. The summed E-state index contributed by atoms with van der Waals surface area (Å²) < 4.78 is 23.3. The molecule has 0 saturated carbocycles. The van der Waals surface area contributed by atoms with Gasteiger partial charge in [0.1, 0.15) is 24.4 Å². The summed E-state index contributed by atoms with van der Waals surface area (Å²) in [5.74, 6) is -0.287. The van der Waals surface area contributed by atoms with Gasteiger partial charge in [-0.2, -0.15) is 0 Å². The number of rotatable bonds is 9. The predicted octanol–water partition coefficient (Wildman–Crippen LogP) is 2.03. The van der Waals surface area contributed by atoms with Crippen LogP contribution >= 0.6 is 0 Å². The van der Waals surface area contributed by atoms with Gasteiger partial charge in [0, 0.05) is 14.0 Å². The Balaban J connectivity index is 1.69. The SMILES string of the molecule is CO[C@H]1O[C@H](COCc2ccccc2)[C@@H](OCc2ccccc2)[C@H](O)[C@H]1NC(C)=O. The lowest BCUT2D eigenvalue weighted by Crippen LogP contribution is -2.65. The first kappa shape index (κ1) is 22.4. The normalized spacial score (nSPS) is 26.3. The molecule has 3 rings (SSSR count). The van der Waals surface area contributed by atoms with Gasteiger partial charge < -0.3 is 29.4 Å². The van der Waals surface area contributed by atoms with Crippen LogP contribution in [-0.2, 0) is 37.0 Å². The monoisotopic (exact) mass is 415 g/mol. The van der Waals surface area contributed by atoms with Crippen molar-refractivity contribution in [1.82, 2.24) is 5.32 Å². The van der Waals surface area contributed by atoms with Gasteiger partial charge in [0.2, 0.25) is 5.91 Å². The second-order valence-corrected chi connectivity index (χ2v) is 7.26. The van der Waals surface area contributed by atoms with Crippen LogP contribution in [0.4, 0.5) is 0 Å². The molecule has 162 valence electrons. The molecule has 2 aromatic rings. The van der Waals surface area contributed by atoms with Crippen LogP contribution in [0.25, 0.3) is 0 Å². The fraction of sp³-hybridized carbons (Fsp3) is 0.435. The summed E-state index contributed by atoms with van der Waals surface area (Å²) >= 11 is 0. The molecule has 7 nitrogen and oxygen atoms in total. The molecule has 0 aromatic heterocycles. The Labute approximate surface area is 176 Å². The Kier molecular flexibility index (Phi) is 8.36. The van der Waals surface area contributed by atoms with E-state index in [1.807, 2.05) is 60.7 Å². The second-order valence-electron chi connectivity index (χ2n) is 7.26. The van der Waals surface area contributed by atoms with Crippen LogP contribution in [0.15, 0.2) is 60.7 Å². The highest BCUT2D eigenvalue weighted by Gasteiger charge is 2.46. The Bertz CT molecular complexity index is 772. The molecule has 1 heterocycles. The number of hydrogen-bond acceptors (Lipinski definition) is 6. The smallest absolute Gasteiger partial charge is 0.217 e. The van der Waals surface area contributed by atoms with Crippen LogP contribution in [0.3, 0.4) is 0 Å². The Hall–Kier alpha value is -2.29. The number of hydrogen-bond donors (Lipinski definition) is 2. The zero-order valence-electron chi connectivity index (χ0n) is 17.3. The fourth-order valence-electron chi connectivity index (χ4n) is 3.48. The summed E-state index contributed by atoms with van der Waals surface area (Å²) in [4.78, 5) is 11.6. The minimum Gasteiger partial charge on any atom is -0.388 e. The van der Waals surface area contributed by atoms with Crippen molar-refractivity contribution >= 4 is 5.91 Å². The third kappa shape index (κ3) is 6.10. The van der Waals surface area contributed by atoms with Crippen LogP contribution in [0.1, 0.15) is 18.1 Å². The largest absolute Gasteiger partial charge is 0.388 e. The van der Waals surface area contributed by atoms with E-state index in [9.17, 15) is 9.90 Å². The number of ether oxygens (including phenoxy) is 4. The molecule has 0 aliphatic carbocycles. The molecule has 30 heavy (non-hydrogen) atoms. The van der Waals surface area contributed by atoms with E-state index in [1.54, 1.807) is 0 Å². The molecule has 2 aromatic carbocycles. The van der Waals surface area contributed by atoms with Gasteiger partial charge in [0.15, 0.2) is 6.29 Å². The first-order chi connectivity index (χ1) is 14.6. The van der Waals surface area contributed by atoms with Gasteiger partial charge in [-0.15, -0.1) is 0 Å². The molecule has 1 aliphatic heterocycles. The van der Waals surface area contributed by atoms with Crippen molar-refractivity contribution < 1.29 is 28.8 Å². The molecule has 1 saturated heterocycles. The summed E-state index contributed by atoms with van der Waals surface area (Å²) in [6.07, 6.45) is -3.11. The lowest BCUT2D eigenvalue weighted by atomic mass is 9.96.